The molecule has 2 atom stereocenters. The lowest BCUT2D eigenvalue weighted by Gasteiger charge is -2.16. The molecule has 1 aliphatic rings. The molecule has 1 aromatic carbocycles. The summed E-state index contributed by atoms with van der Waals surface area (Å²) in [6.45, 7) is 4.46. The van der Waals surface area contributed by atoms with Gasteiger partial charge in [0.05, 0.1) is 30.9 Å². The maximum absolute atomic E-state index is 13.5. The summed E-state index contributed by atoms with van der Waals surface area (Å²) >= 11 is 0. The quantitative estimate of drug-likeness (QED) is 0.775. The van der Waals surface area contributed by atoms with Crippen LogP contribution >= 0.6 is 0 Å². The number of rotatable bonds is 4. The molecule has 3 aromatic rings. The third-order valence-electron chi connectivity index (χ3n) is 4.64. The first kappa shape index (κ1) is 16.7. The Bertz CT molecular complexity index is 934. The lowest BCUT2D eigenvalue weighted by molar-refractivity contribution is 0.217. The van der Waals surface area contributed by atoms with Crippen LogP contribution in [0.2, 0.25) is 0 Å². The number of aryl methyl sites for hydroxylation is 1. The van der Waals surface area contributed by atoms with E-state index in [1.807, 2.05) is 26.0 Å². The molecule has 4 rings (SSSR count). The number of hydrogen-bond donors (Lipinski definition) is 1. The van der Waals surface area contributed by atoms with Gasteiger partial charge in [0.25, 0.3) is 0 Å². The molecule has 26 heavy (non-hydrogen) atoms. The Balaban J connectivity index is 1.76. The number of hydrogen-bond acceptors (Lipinski definition) is 5. The van der Waals surface area contributed by atoms with Gasteiger partial charge in [-0.2, -0.15) is 5.10 Å². The number of nitrogens with one attached hydrogen (secondary N) is 1. The normalized spacial score (nSPS) is 20.1. The molecule has 0 aliphatic carbocycles. The summed E-state index contributed by atoms with van der Waals surface area (Å²) in [6, 6.07) is 5.53. The first-order valence-electron chi connectivity index (χ1n) is 8.54. The Hall–Kier alpha value is -2.77. The van der Waals surface area contributed by atoms with Crippen LogP contribution in [0.25, 0.3) is 22.3 Å². The summed E-state index contributed by atoms with van der Waals surface area (Å²) in [7, 11) is 0. The Morgan fingerprint density at radius 1 is 1.23 bits per heavy atom. The van der Waals surface area contributed by atoms with Crippen molar-refractivity contribution in [2.45, 2.75) is 26.2 Å². The van der Waals surface area contributed by atoms with E-state index in [1.165, 1.54) is 6.33 Å². The van der Waals surface area contributed by atoms with Gasteiger partial charge in [0.15, 0.2) is 12.3 Å². The van der Waals surface area contributed by atoms with Gasteiger partial charge in [0.1, 0.15) is 23.6 Å². The summed E-state index contributed by atoms with van der Waals surface area (Å²) in [5.41, 5.74) is 3.09. The Kier molecular flexibility index (Phi) is 4.18. The molecule has 0 amide bonds. The summed E-state index contributed by atoms with van der Waals surface area (Å²) < 4.78 is 32.7. The van der Waals surface area contributed by atoms with E-state index < -0.39 is 12.3 Å². The van der Waals surface area contributed by atoms with Crippen molar-refractivity contribution in [2.24, 2.45) is 0 Å². The molecule has 0 bridgehead atoms. The van der Waals surface area contributed by atoms with Gasteiger partial charge < -0.3 is 9.64 Å². The van der Waals surface area contributed by atoms with E-state index in [0.717, 1.165) is 22.2 Å². The van der Waals surface area contributed by atoms with Crippen molar-refractivity contribution in [2.75, 3.05) is 24.6 Å². The molecule has 2 aromatic heterocycles. The minimum absolute atomic E-state index is 0.00749. The highest BCUT2D eigenvalue weighted by atomic mass is 19.2. The molecule has 0 spiro atoms. The van der Waals surface area contributed by atoms with Gasteiger partial charge in [0.2, 0.25) is 0 Å². The number of ether oxygens (including phenoxy) is 1. The van der Waals surface area contributed by atoms with Crippen LogP contribution in [0.4, 0.5) is 14.6 Å². The fourth-order valence-corrected chi connectivity index (χ4v) is 3.32. The first-order valence-corrected chi connectivity index (χ1v) is 8.54. The summed E-state index contributed by atoms with van der Waals surface area (Å²) in [4.78, 5) is 10.1. The number of fused-ring (bicyclic) bond motifs is 1. The number of aromatic amines is 1. The van der Waals surface area contributed by atoms with Crippen molar-refractivity contribution >= 4 is 16.7 Å². The number of halogens is 2. The molecule has 1 saturated heterocycles. The van der Waals surface area contributed by atoms with Crippen LogP contribution in [0.3, 0.4) is 0 Å². The first-order chi connectivity index (χ1) is 12.6. The fourth-order valence-electron chi connectivity index (χ4n) is 3.32. The van der Waals surface area contributed by atoms with Crippen molar-refractivity contribution in [1.82, 2.24) is 20.2 Å². The minimum Gasteiger partial charge on any atom is -0.494 e. The molecule has 0 radical (unpaired) electrons. The highest BCUT2D eigenvalue weighted by Gasteiger charge is 2.33. The molecule has 136 valence electrons. The fraction of sp³-hybridized carbons (Fsp3) is 0.389. The van der Waals surface area contributed by atoms with Crippen LogP contribution in [0.1, 0.15) is 12.5 Å². The largest absolute Gasteiger partial charge is 0.494 e. The number of benzene rings is 1. The smallest absolute Gasteiger partial charge is 0.150 e. The number of anilines is 1. The number of H-pyrrole nitrogens is 1. The monoisotopic (exact) mass is 359 g/mol. The van der Waals surface area contributed by atoms with Gasteiger partial charge in [0, 0.05) is 17.0 Å². The second kappa shape index (κ2) is 6.51. The van der Waals surface area contributed by atoms with Crippen LogP contribution in [-0.2, 0) is 0 Å². The van der Waals surface area contributed by atoms with Crippen molar-refractivity contribution in [3.63, 3.8) is 0 Å². The summed E-state index contributed by atoms with van der Waals surface area (Å²) in [5.74, 6) is 1.28. The zero-order chi connectivity index (χ0) is 18.3. The molecule has 1 aliphatic heterocycles. The molecular weight excluding hydrogens is 340 g/mol. The van der Waals surface area contributed by atoms with Crippen molar-refractivity contribution in [3.8, 4) is 17.1 Å². The zero-order valence-corrected chi connectivity index (χ0v) is 14.5. The zero-order valence-electron chi connectivity index (χ0n) is 14.5. The van der Waals surface area contributed by atoms with E-state index in [9.17, 15) is 8.78 Å². The molecule has 1 N–H and O–H groups in total. The average molecular weight is 359 g/mol. The highest BCUT2D eigenvalue weighted by molar-refractivity contribution is 5.96. The van der Waals surface area contributed by atoms with E-state index in [4.69, 9.17) is 4.74 Å². The van der Waals surface area contributed by atoms with E-state index in [2.05, 4.69) is 20.2 Å². The van der Waals surface area contributed by atoms with Crippen molar-refractivity contribution < 1.29 is 13.5 Å². The van der Waals surface area contributed by atoms with Crippen LogP contribution in [0.15, 0.2) is 24.5 Å². The molecular formula is C18H19F2N5O. The van der Waals surface area contributed by atoms with Crippen LogP contribution in [-0.4, -0.2) is 52.2 Å². The Morgan fingerprint density at radius 2 is 2.00 bits per heavy atom. The molecule has 2 unspecified atom stereocenters. The topological polar surface area (TPSA) is 66.9 Å². The third kappa shape index (κ3) is 2.75. The van der Waals surface area contributed by atoms with E-state index in [0.29, 0.717) is 23.8 Å². The van der Waals surface area contributed by atoms with Gasteiger partial charge in [-0.1, -0.05) is 0 Å². The minimum atomic E-state index is -1.49. The number of nitrogens with zero attached hydrogens (tertiary/aromatic N) is 4. The lowest BCUT2D eigenvalue weighted by atomic mass is 10.1. The predicted octanol–water partition coefficient (Wildman–Crippen LogP) is 3.22. The van der Waals surface area contributed by atoms with Gasteiger partial charge in [-0.15, -0.1) is 0 Å². The van der Waals surface area contributed by atoms with Crippen LogP contribution in [0.5, 0.6) is 5.75 Å². The van der Waals surface area contributed by atoms with Gasteiger partial charge in [-0.25, -0.2) is 18.7 Å². The molecule has 8 heteroatoms. The maximum Gasteiger partial charge on any atom is 0.150 e. The average Bonchev–Trinajstić information content (AvgIpc) is 3.22. The number of alkyl halides is 2. The second-order valence-corrected chi connectivity index (χ2v) is 6.31. The summed E-state index contributed by atoms with van der Waals surface area (Å²) in [5, 5.41) is 8.30. The SMILES string of the molecule is CCOc1ccc2[nH]nc(-c3cc(N4CC(F)C(F)C4)ncn3)c2c1C. The summed E-state index contributed by atoms with van der Waals surface area (Å²) in [6.07, 6.45) is -1.59. The molecule has 0 saturated carbocycles. The van der Waals surface area contributed by atoms with Gasteiger partial charge in [-0.3, -0.25) is 5.10 Å². The Morgan fingerprint density at radius 3 is 2.73 bits per heavy atom. The third-order valence-corrected chi connectivity index (χ3v) is 4.64. The predicted molar refractivity (Wildman–Crippen MR) is 95.0 cm³/mol. The lowest BCUT2D eigenvalue weighted by Crippen LogP contribution is -2.21. The standard InChI is InChI=1S/C18H19F2N5O/c1-3-26-15-5-4-13-17(10(15)2)18(24-23-13)14-6-16(22-9-21-14)25-7-11(19)12(20)8-25/h4-6,9,11-12H,3,7-8H2,1-2H3,(H,23,24). The molecule has 3 heterocycles. The van der Waals surface area contributed by atoms with Crippen LogP contribution in [0, 0.1) is 6.92 Å². The van der Waals surface area contributed by atoms with Crippen molar-refractivity contribution in [1.29, 1.82) is 0 Å². The van der Waals surface area contributed by atoms with Gasteiger partial charge in [-0.05, 0) is 26.0 Å². The Labute approximate surface area is 149 Å². The van der Waals surface area contributed by atoms with Crippen LogP contribution < -0.4 is 9.64 Å². The van der Waals surface area contributed by atoms with Gasteiger partial charge >= 0.3 is 0 Å². The second-order valence-electron chi connectivity index (χ2n) is 6.31. The number of aromatic nitrogens is 4. The van der Waals surface area contributed by atoms with E-state index in [1.54, 1.807) is 11.0 Å². The van der Waals surface area contributed by atoms with E-state index >= 15 is 0 Å². The maximum atomic E-state index is 13.5. The molecule has 6 nitrogen and oxygen atoms in total. The highest BCUT2D eigenvalue weighted by Crippen LogP contribution is 2.34. The van der Waals surface area contributed by atoms with Crippen molar-refractivity contribution in [3.05, 3.63) is 30.1 Å². The molecule has 1 fully saturated rings. The van der Waals surface area contributed by atoms with E-state index in [-0.39, 0.29) is 13.1 Å².